The number of benzene rings is 2. The fourth-order valence-corrected chi connectivity index (χ4v) is 4.32. The van der Waals surface area contributed by atoms with Crippen LogP contribution in [-0.2, 0) is 21.4 Å². The maximum atomic E-state index is 12.6. The molecule has 152 valence electrons. The van der Waals surface area contributed by atoms with Crippen LogP contribution in [0.4, 0.5) is 0 Å². The highest BCUT2D eigenvalue weighted by atomic mass is 35.5. The SMILES string of the molecule is N=C(N)c1cccc(CN2CCN(S(=O)(=O)C=Cc3cccc(Cl)c3)CC2=O)c1. The minimum absolute atomic E-state index is 0.0411. The molecule has 3 rings (SSSR count). The van der Waals surface area contributed by atoms with Gasteiger partial charge in [0.1, 0.15) is 5.84 Å². The zero-order valence-corrected chi connectivity index (χ0v) is 17.2. The number of hydrogen-bond acceptors (Lipinski definition) is 4. The van der Waals surface area contributed by atoms with Crippen molar-refractivity contribution in [3.8, 4) is 0 Å². The Morgan fingerprint density at radius 2 is 1.93 bits per heavy atom. The minimum Gasteiger partial charge on any atom is -0.384 e. The largest absolute Gasteiger partial charge is 0.384 e. The summed E-state index contributed by atoms with van der Waals surface area (Å²) in [4.78, 5) is 14.1. The lowest BCUT2D eigenvalue weighted by molar-refractivity contribution is -0.134. The van der Waals surface area contributed by atoms with E-state index in [4.69, 9.17) is 22.7 Å². The van der Waals surface area contributed by atoms with Crippen molar-refractivity contribution in [2.75, 3.05) is 19.6 Å². The number of amidine groups is 1. The normalized spacial score (nSPS) is 15.8. The van der Waals surface area contributed by atoms with E-state index in [2.05, 4.69) is 0 Å². The van der Waals surface area contributed by atoms with E-state index < -0.39 is 10.0 Å². The lowest BCUT2D eigenvalue weighted by Crippen LogP contribution is -2.51. The van der Waals surface area contributed by atoms with E-state index >= 15 is 0 Å². The third-order valence-corrected chi connectivity index (χ3v) is 6.28. The number of rotatable bonds is 6. The second-order valence-corrected chi connectivity index (χ2v) is 8.92. The number of hydrogen-bond donors (Lipinski definition) is 2. The van der Waals surface area contributed by atoms with Gasteiger partial charge in [-0.25, -0.2) is 8.42 Å². The Balaban J connectivity index is 1.65. The van der Waals surface area contributed by atoms with Gasteiger partial charge in [0.25, 0.3) is 0 Å². The molecule has 1 amide bonds. The van der Waals surface area contributed by atoms with Crippen LogP contribution in [0.3, 0.4) is 0 Å². The Morgan fingerprint density at radius 3 is 2.62 bits per heavy atom. The molecule has 1 heterocycles. The van der Waals surface area contributed by atoms with E-state index in [0.29, 0.717) is 22.7 Å². The van der Waals surface area contributed by atoms with E-state index in [-0.39, 0.29) is 31.4 Å². The number of nitrogens with zero attached hydrogens (tertiary/aromatic N) is 2. The van der Waals surface area contributed by atoms with Gasteiger partial charge in [-0.3, -0.25) is 10.2 Å². The molecule has 0 radical (unpaired) electrons. The van der Waals surface area contributed by atoms with Gasteiger partial charge >= 0.3 is 0 Å². The molecule has 7 nitrogen and oxygen atoms in total. The predicted octanol–water partition coefficient (Wildman–Crippen LogP) is 2.27. The van der Waals surface area contributed by atoms with Crippen LogP contribution in [0.15, 0.2) is 53.9 Å². The van der Waals surface area contributed by atoms with Gasteiger partial charge in [-0.2, -0.15) is 4.31 Å². The standard InChI is InChI=1S/C20H21ClN4O3S/c21-18-6-2-3-15(12-18)7-10-29(27,28)25-9-8-24(19(26)14-25)13-16-4-1-5-17(11-16)20(22)23/h1-7,10-12H,8-9,13-14H2,(H3,22,23). The number of nitrogens with one attached hydrogen (secondary N) is 1. The molecule has 3 N–H and O–H groups in total. The zero-order valence-electron chi connectivity index (χ0n) is 15.6. The van der Waals surface area contributed by atoms with E-state index in [1.54, 1.807) is 47.4 Å². The van der Waals surface area contributed by atoms with Gasteiger partial charge in [0.05, 0.1) is 6.54 Å². The lowest BCUT2D eigenvalue weighted by Gasteiger charge is -2.33. The van der Waals surface area contributed by atoms with Gasteiger partial charge in [0.15, 0.2) is 0 Å². The summed E-state index contributed by atoms with van der Waals surface area (Å²) in [5.41, 5.74) is 7.59. The maximum Gasteiger partial charge on any atom is 0.238 e. The van der Waals surface area contributed by atoms with Crippen LogP contribution in [0.5, 0.6) is 0 Å². The monoisotopic (exact) mass is 432 g/mol. The Hall–Kier alpha value is -2.68. The van der Waals surface area contributed by atoms with E-state index in [1.165, 1.54) is 10.4 Å². The summed E-state index contributed by atoms with van der Waals surface area (Å²) in [5.74, 6) is -0.315. The molecule has 0 unspecified atom stereocenters. The molecule has 2 aromatic rings. The van der Waals surface area contributed by atoms with Crippen LogP contribution in [-0.4, -0.2) is 49.0 Å². The van der Waals surface area contributed by atoms with Crippen molar-refractivity contribution >= 4 is 39.4 Å². The average Bonchev–Trinajstić information content (AvgIpc) is 2.68. The molecule has 0 atom stereocenters. The molecular weight excluding hydrogens is 412 g/mol. The highest BCUT2D eigenvalue weighted by Gasteiger charge is 2.30. The molecule has 0 aliphatic carbocycles. The van der Waals surface area contributed by atoms with Gasteiger partial charge in [0, 0.05) is 35.6 Å². The van der Waals surface area contributed by atoms with Crippen molar-refractivity contribution in [3.05, 3.63) is 75.7 Å². The Labute approximate surface area is 174 Å². The molecule has 1 saturated heterocycles. The highest BCUT2D eigenvalue weighted by molar-refractivity contribution is 7.92. The van der Waals surface area contributed by atoms with Crippen LogP contribution in [0.1, 0.15) is 16.7 Å². The van der Waals surface area contributed by atoms with E-state index in [9.17, 15) is 13.2 Å². The van der Waals surface area contributed by atoms with Crippen molar-refractivity contribution in [3.63, 3.8) is 0 Å². The molecule has 2 aromatic carbocycles. The summed E-state index contributed by atoms with van der Waals surface area (Å²) in [5, 5.41) is 9.12. The first-order chi connectivity index (χ1) is 13.7. The maximum absolute atomic E-state index is 12.6. The Morgan fingerprint density at radius 1 is 1.17 bits per heavy atom. The van der Waals surface area contributed by atoms with Gasteiger partial charge in [-0.05, 0) is 35.4 Å². The number of piperazine rings is 1. The van der Waals surface area contributed by atoms with Crippen molar-refractivity contribution in [2.24, 2.45) is 5.73 Å². The number of carbonyl (C=O) groups excluding carboxylic acids is 1. The topological polar surface area (TPSA) is 108 Å². The van der Waals surface area contributed by atoms with Crippen molar-refractivity contribution in [1.82, 2.24) is 9.21 Å². The molecule has 0 bridgehead atoms. The zero-order chi connectivity index (χ0) is 21.0. The molecule has 1 aliphatic heterocycles. The molecule has 0 saturated carbocycles. The van der Waals surface area contributed by atoms with Gasteiger partial charge in [-0.15, -0.1) is 0 Å². The molecular formula is C20H21ClN4O3S. The van der Waals surface area contributed by atoms with Gasteiger partial charge < -0.3 is 10.6 Å². The molecule has 1 fully saturated rings. The fraction of sp³-hybridized carbons (Fsp3) is 0.200. The second-order valence-electron chi connectivity index (χ2n) is 6.67. The second kappa shape index (κ2) is 8.77. The van der Waals surface area contributed by atoms with Gasteiger partial charge in [-0.1, -0.05) is 41.9 Å². The van der Waals surface area contributed by atoms with Crippen molar-refractivity contribution in [1.29, 1.82) is 5.41 Å². The molecule has 0 aromatic heterocycles. The fourth-order valence-electron chi connectivity index (χ4n) is 2.99. The highest BCUT2D eigenvalue weighted by Crippen LogP contribution is 2.17. The number of sulfonamides is 1. The van der Waals surface area contributed by atoms with Crippen LogP contribution in [0, 0.1) is 5.41 Å². The van der Waals surface area contributed by atoms with Crippen LogP contribution >= 0.6 is 11.6 Å². The number of amides is 1. The summed E-state index contributed by atoms with van der Waals surface area (Å²) in [6.07, 6.45) is 1.46. The number of nitrogen functional groups attached to an aromatic ring is 1. The number of carbonyl (C=O) groups is 1. The molecule has 29 heavy (non-hydrogen) atoms. The van der Waals surface area contributed by atoms with Crippen LogP contribution in [0.2, 0.25) is 5.02 Å². The summed E-state index contributed by atoms with van der Waals surface area (Å²) in [6, 6.07) is 13.9. The Kier molecular flexibility index (Phi) is 6.36. The summed E-state index contributed by atoms with van der Waals surface area (Å²) >= 11 is 5.91. The van der Waals surface area contributed by atoms with Gasteiger partial charge in [0.2, 0.25) is 15.9 Å². The third-order valence-electron chi connectivity index (χ3n) is 4.54. The molecule has 0 spiro atoms. The average molecular weight is 433 g/mol. The number of halogens is 1. The lowest BCUT2D eigenvalue weighted by atomic mass is 10.1. The number of nitrogens with two attached hydrogens (primary N) is 1. The minimum atomic E-state index is -3.72. The summed E-state index contributed by atoms with van der Waals surface area (Å²) in [6.45, 7) is 0.620. The third kappa shape index (κ3) is 5.44. The quantitative estimate of drug-likeness (QED) is 0.539. The van der Waals surface area contributed by atoms with Crippen molar-refractivity contribution in [2.45, 2.75) is 6.54 Å². The van der Waals surface area contributed by atoms with Crippen LogP contribution < -0.4 is 5.73 Å². The van der Waals surface area contributed by atoms with Crippen LogP contribution in [0.25, 0.3) is 6.08 Å². The van der Waals surface area contributed by atoms with Crippen molar-refractivity contribution < 1.29 is 13.2 Å². The first-order valence-corrected chi connectivity index (χ1v) is 10.8. The Bertz CT molecular complexity index is 1070. The smallest absolute Gasteiger partial charge is 0.238 e. The summed E-state index contributed by atoms with van der Waals surface area (Å²) < 4.78 is 26.3. The first kappa shape index (κ1) is 21.0. The molecule has 1 aliphatic rings. The first-order valence-electron chi connectivity index (χ1n) is 8.89. The van der Waals surface area contributed by atoms with E-state index in [0.717, 1.165) is 11.0 Å². The summed E-state index contributed by atoms with van der Waals surface area (Å²) in [7, 11) is -3.72. The van der Waals surface area contributed by atoms with E-state index in [1.807, 2.05) is 6.07 Å². The molecule has 9 heteroatoms. The predicted molar refractivity (Wildman–Crippen MR) is 114 cm³/mol.